The molecule has 0 aliphatic rings. The first-order chi connectivity index (χ1) is 8.40. The summed E-state index contributed by atoms with van der Waals surface area (Å²) in [6.07, 6.45) is -0.113. The number of rotatable bonds is 6. The Hall–Kier alpha value is -1.16. The highest BCUT2D eigenvalue weighted by Gasteiger charge is 2.25. The van der Waals surface area contributed by atoms with Crippen LogP contribution < -0.4 is 0 Å². The summed E-state index contributed by atoms with van der Waals surface area (Å²) in [5.74, 6) is -0.0437. The lowest BCUT2D eigenvalue weighted by Gasteiger charge is -2.12. The first-order valence-corrected chi connectivity index (χ1v) is 7.13. The number of phenolic OH excluding ortho intramolecular Hbond substituents is 1. The zero-order valence-electron chi connectivity index (χ0n) is 10.7. The van der Waals surface area contributed by atoms with Gasteiger partial charge in [-0.15, -0.1) is 0 Å². The molecule has 5 nitrogen and oxygen atoms in total. The molecule has 0 bridgehead atoms. The number of aromatic hydroxyl groups is 1. The Kier molecular flexibility index (Phi) is 5.08. The molecular weight excluding hydrogens is 255 g/mol. The molecule has 18 heavy (non-hydrogen) atoms. The van der Waals surface area contributed by atoms with Crippen LogP contribution in [0.1, 0.15) is 11.1 Å². The first kappa shape index (κ1) is 14.9. The van der Waals surface area contributed by atoms with Gasteiger partial charge in [-0.05, 0) is 24.1 Å². The number of aryl methyl sites for hydroxylation is 1. The van der Waals surface area contributed by atoms with Gasteiger partial charge >= 0.3 is 7.60 Å². The molecule has 0 radical (unpaired) electrons. The van der Waals surface area contributed by atoms with Crippen molar-refractivity contribution in [1.82, 2.24) is 0 Å². The molecule has 0 fully saturated rings. The fraction of sp³-hybridized carbons (Fsp3) is 0.417. The highest BCUT2D eigenvalue weighted by molar-refractivity contribution is 7.54. The van der Waals surface area contributed by atoms with Crippen LogP contribution in [0.3, 0.4) is 0 Å². The first-order valence-electron chi connectivity index (χ1n) is 5.41. The lowest BCUT2D eigenvalue weighted by molar-refractivity contribution is -0.116. The van der Waals surface area contributed by atoms with Crippen LogP contribution in [0, 0.1) is 6.92 Å². The number of Topliss-reactive ketones (excluding diaryl/α,β-unsaturated/α-hetero) is 1. The third-order valence-electron chi connectivity index (χ3n) is 2.59. The molecule has 0 aliphatic heterocycles. The van der Waals surface area contributed by atoms with Crippen molar-refractivity contribution in [1.29, 1.82) is 0 Å². The number of carbonyl (C=O) groups is 1. The summed E-state index contributed by atoms with van der Waals surface area (Å²) < 4.78 is 21.2. The molecule has 0 spiro atoms. The average molecular weight is 272 g/mol. The summed E-state index contributed by atoms with van der Waals surface area (Å²) in [7, 11) is -0.790. The largest absolute Gasteiger partial charge is 0.508 e. The minimum atomic E-state index is -3.29. The highest BCUT2D eigenvalue weighted by Crippen LogP contribution is 2.46. The van der Waals surface area contributed by atoms with E-state index in [2.05, 4.69) is 0 Å². The van der Waals surface area contributed by atoms with Gasteiger partial charge in [-0.25, -0.2) is 0 Å². The van der Waals surface area contributed by atoms with Crippen LogP contribution in [0.5, 0.6) is 5.75 Å². The van der Waals surface area contributed by atoms with E-state index in [-0.39, 0.29) is 24.1 Å². The van der Waals surface area contributed by atoms with Crippen molar-refractivity contribution in [2.75, 3.05) is 20.4 Å². The molecule has 0 aliphatic carbocycles. The molecule has 1 rings (SSSR count). The average Bonchev–Trinajstić information content (AvgIpc) is 2.33. The third kappa shape index (κ3) is 3.95. The molecular formula is C12H17O5P. The smallest absolute Gasteiger partial charge is 0.337 e. The summed E-state index contributed by atoms with van der Waals surface area (Å²) in [5.41, 5.74) is 1.45. The van der Waals surface area contributed by atoms with Gasteiger partial charge in [-0.3, -0.25) is 9.36 Å². The second-order valence-electron chi connectivity index (χ2n) is 3.97. The predicted molar refractivity (Wildman–Crippen MR) is 68.0 cm³/mol. The zero-order chi connectivity index (χ0) is 13.8. The van der Waals surface area contributed by atoms with Crippen molar-refractivity contribution < 1.29 is 23.5 Å². The molecule has 0 aromatic heterocycles. The van der Waals surface area contributed by atoms with Crippen molar-refractivity contribution in [3.05, 3.63) is 29.3 Å². The Morgan fingerprint density at radius 1 is 1.33 bits per heavy atom. The Morgan fingerprint density at radius 2 is 1.94 bits per heavy atom. The van der Waals surface area contributed by atoms with Crippen molar-refractivity contribution >= 4 is 13.4 Å². The van der Waals surface area contributed by atoms with E-state index in [1.165, 1.54) is 20.3 Å². The lowest BCUT2D eigenvalue weighted by Crippen LogP contribution is -2.10. The number of ketones is 1. The fourth-order valence-corrected chi connectivity index (χ4v) is 2.48. The third-order valence-corrected chi connectivity index (χ3v) is 4.44. The van der Waals surface area contributed by atoms with E-state index >= 15 is 0 Å². The number of hydrogen-bond donors (Lipinski definition) is 1. The highest BCUT2D eigenvalue weighted by atomic mass is 31.2. The summed E-state index contributed by atoms with van der Waals surface area (Å²) in [6.45, 7) is 1.75. The second-order valence-corrected chi connectivity index (χ2v) is 6.24. The summed E-state index contributed by atoms with van der Waals surface area (Å²) in [5, 5.41) is 9.37. The van der Waals surface area contributed by atoms with Gasteiger partial charge in [-0.1, -0.05) is 12.1 Å². The molecule has 0 unspecified atom stereocenters. The van der Waals surface area contributed by atoms with Crippen LogP contribution in [0.4, 0.5) is 0 Å². The minimum Gasteiger partial charge on any atom is -0.508 e. The van der Waals surface area contributed by atoms with E-state index < -0.39 is 7.60 Å². The number of carbonyl (C=O) groups excluding carboxylic acids is 1. The zero-order valence-corrected chi connectivity index (χ0v) is 11.6. The molecule has 6 heteroatoms. The van der Waals surface area contributed by atoms with E-state index in [1.807, 2.05) is 0 Å². The maximum atomic E-state index is 11.8. The molecule has 1 aromatic rings. The van der Waals surface area contributed by atoms with Gasteiger partial charge < -0.3 is 14.2 Å². The van der Waals surface area contributed by atoms with Crippen LogP contribution in [0.15, 0.2) is 18.2 Å². The van der Waals surface area contributed by atoms with Gasteiger partial charge in [0.15, 0.2) is 0 Å². The van der Waals surface area contributed by atoms with Crippen LogP contribution in [0.2, 0.25) is 0 Å². The fourth-order valence-electron chi connectivity index (χ4n) is 1.53. The molecule has 0 heterocycles. The molecule has 0 atom stereocenters. The topological polar surface area (TPSA) is 72.8 Å². The standard InChI is InChI=1S/C12H17O5P/c1-9-6-10(4-5-12(9)14)7-11(13)8-18(15,16-2)17-3/h4-6,14H,7-8H2,1-3H3. The Balaban J connectivity index is 2.70. The number of phenols is 1. The quantitative estimate of drug-likeness (QED) is 0.804. The molecule has 0 saturated carbocycles. The lowest BCUT2D eigenvalue weighted by atomic mass is 10.1. The van der Waals surface area contributed by atoms with Gasteiger partial charge in [-0.2, -0.15) is 0 Å². The number of hydrogen-bond acceptors (Lipinski definition) is 5. The van der Waals surface area contributed by atoms with Crippen molar-refractivity contribution in [2.45, 2.75) is 13.3 Å². The van der Waals surface area contributed by atoms with E-state index in [9.17, 15) is 14.5 Å². The van der Waals surface area contributed by atoms with Gasteiger partial charge in [0.25, 0.3) is 0 Å². The van der Waals surface area contributed by atoms with Crippen molar-refractivity contribution in [2.24, 2.45) is 0 Å². The molecule has 1 aromatic carbocycles. The normalized spacial score (nSPS) is 11.5. The van der Waals surface area contributed by atoms with Crippen LogP contribution in [0.25, 0.3) is 0 Å². The van der Waals surface area contributed by atoms with Crippen LogP contribution in [-0.4, -0.2) is 31.3 Å². The van der Waals surface area contributed by atoms with E-state index in [1.54, 1.807) is 19.1 Å². The van der Waals surface area contributed by atoms with Crippen molar-refractivity contribution in [3.8, 4) is 5.75 Å². The molecule has 1 N–H and O–H groups in total. The Morgan fingerprint density at radius 3 is 2.44 bits per heavy atom. The van der Waals surface area contributed by atoms with Crippen LogP contribution >= 0.6 is 7.60 Å². The van der Waals surface area contributed by atoms with Gasteiger partial charge in [0, 0.05) is 20.6 Å². The summed E-state index contributed by atoms with van der Waals surface area (Å²) in [4.78, 5) is 11.7. The SMILES string of the molecule is COP(=O)(CC(=O)Cc1ccc(O)c(C)c1)OC. The van der Waals surface area contributed by atoms with Gasteiger partial charge in [0.2, 0.25) is 0 Å². The monoisotopic (exact) mass is 272 g/mol. The van der Waals surface area contributed by atoms with E-state index in [0.29, 0.717) is 5.56 Å². The number of benzene rings is 1. The maximum absolute atomic E-state index is 11.8. The summed E-state index contributed by atoms with van der Waals surface area (Å²) >= 11 is 0. The van der Waals surface area contributed by atoms with E-state index in [0.717, 1.165) is 5.56 Å². The summed E-state index contributed by atoms with van der Waals surface area (Å²) in [6, 6.07) is 4.91. The van der Waals surface area contributed by atoms with Gasteiger partial charge in [0.1, 0.15) is 17.7 Å². The minimum absolute atomic E-state index is 0.137. The van der Waals surface area contributed by atoms with Crippen LogP contribution in [-0.2, 0) is 24.8 Å². The molecule has 0 saturated heterocycles. The van der Waals surface area contributed by atoms with Gasteiger partial charge in [0.05, 0.1) is 0 Å². The molecule has 0 amide bonds. The maximum Gasteiger partial charge on any atom is 0.337 e. The van der Waals surface area contributed by atoms with Crippen molar-refractivity contribution in [3.63, 3.8) is 0 Å². The Labute approximate surface area is 106 Å². The predicted octanol–water partition coefficient (Wildman–Crippen LogP) is 2.30. The van der Waals surface area contributed by atoms with E-state index in [4.69, 9.17) is 9.05 Å². The second kappa shape index (κ2) is 6.14. The molecule has 100 valence electrons. The Bertz CT molecular complexity index is 475.